The molecule has 1 aliphatic heterocycles. The Morgan fingerprint density at radius 2 is 1.96 bits per heavy atom. The number of rotatable bonds is 4. The molecular weight excluding hydrogens is 302 g/mol. The number of likely N-dealkylation sites (tertiary alicyclic amines) is 1. The summed E-state index contributed by atoms with van der Waals surface area (Å²) in [5, 5.41) is 8.44. The van der Waals surface area contributed by atoms with Crippen molar-refractivity contribution in [1.29, 1.82) is 0 Å². The highest BCUT2D eigenvalue weighted by Crippen LogP contribution is 2.32. The van der Waals surface area contributed by atoms with Crippen LogP contribution >= 0.6 is 0 Å². The average molecular weight is 323 g/mol. The molecule has 124 valence electrons. The molecule has 0 amide bonds. The van der Waals surface area contributed by atoms with Gasteiger partial charge in [-0.1, -0.05) is 47.1 Å². The molecule has 5 heteroatoms. The molecule has 0 bridgehead atoms. The van der Waals surface area contributed by atoms with Crippen molar-refractivity contribution in [3.63, 3.8) is 0 Å². The Labute approximate surface area is 141 Å². The van der Waals surface area contributed by atoms with E-state index in [1.165, 1.54) is 12.8 Å². The third-order valence-corrected chi connectivity index (χ3v) is 4.59. The number of benzene rings is 1. The molecule has 0 aliphatic carbocycles. The summed E-state index contributed by atoms with van der Waals surface area (Å²) in [6.07, 6.45) is 3.53. The molecule has 0 saturated carbocycles. The third kappa shape index (κ3) is 3.12. The molecule has 0 N–H and O–H groups in total. The van der Waals surface area contributed by atoms with Gasteiger partial charge in [0.25, 0.3) is 0 Å². The van der Waals surface area contributed by atoms with Gasteiger partial charge in [0.1, 0.15) is 17.1 Å². The number of hydrogen-bond acceptors (Lipinski definition) is 5. The highest BCUT2D eigenvalue weighted by molar-refractivity contribution is 5.58. The number of hydrogen-bond donors (Lipinski definition) is 0. The first kappa shape index (κ1) is 15.1. The minimum absolute atomic E-state index is 0.293. The van der Waals surface area contributed by atoms with E-state index in [1.807, 2.05) is 49.4 Å². The largest absolute Gasteiger partial charge is 0.361 e. The van der Waals surface area contributed by atoms with Gasteiger partial charge in [0.15, 0.2) is 5.76 Å². The van der Waals surface area contributed by atoms with Gasteiger partial charge in [-0.05, 0) is 26.3 Å². The predicted octanol–water partition coefficient (Wildman–Crippen LogP) is 4.37. The van der Waals surface area contributed by atoms with Crippen molar-refractivity contribution in [3.8, 4) is 11.3 Å². The maximum Gasteiger partial charge on any atom is 0.151 e. The van der Waals surface area contributed by atoms with Crippen LogP contribution in [0.1, 0.15) is 42.5 Å². The van der Waals surface area contributed by atoms with Crippen LogP contribution in [-0.4, -0.2) is 21.8 Å². The molecule has 3 heterocycles. The lowest BCUT2D eigenvalue weighted by Gasteiger charge is -2.33. The highest BCUT2D eigenvalue weighted by Gasteiger charge is 2.27. The summed E-state index contributed by atoms with van der Waals surface area (Å²) < 4.78 is 10.8. The predicted molar refractivity (Wildman–Crippen MR) is 90.2 cm³/mol. The summed E-state index contributed by atoms with van der Waals surface area (Å²) in [4.78, 5) is 2.41. The molecule has 1 saturated heterocycles. The SMILES string of the molecule is Cc1cc(C2CCCCN2Cc2cc(-c3ccccc3)no2)no1. The van der Waals surface area contributed by atoms with E-state index in [2.05, 4.69) is 15.2 Å². The molecular formula is C19H21N3O2. The molecule has 5 nitrogen and oxygen atoms in total. The van der Waals surface area contributed by atoms with Crippen LogP contribution in [0.4, 0.5) is 0 Å². The Bertz CT molecular complexity index is 794. The summed E-state index contributed by atoms with van der Waals surface area (Å²) >= 11 is 0. The van der Waals surface area contributed by atoms with Gasteiger partial charge < -0.3 is 9.05 Å². The molecule has 24 heavy (non-hydrogen) atoms. The molecule has 0 spiro atoms. The fourth-order valence-corrected chi connectivity index (χ4v) is 3.39. The van der Waals surface area contributed by atoms with Crippen LogP contribution in [0.25, 0.3) is 11.3 Å². The van der Waals surface area contributed by atoms with Gasteiger partial charge in [0, 0.05) is 17.7 Å². The van der Waals surface area contributed by atoms with E-state index in [4.69, 9.17) is 9.05 Å². The summed E-state index contributed by atoms with van der Waals surface area (Å²) in [6.45, 7) is 3.72. The van der Waals surface area contributed by atoms with Crippen LogP contribution in [0.3, 0.4) is 0 Å². The minimum atomic E-state index is 0.293. The molecule has 1 aliphatic rings. The standard InChI is InChI=1S/C19H21N3O2/c1-14-11-18(21-23-14)19-9-5-6-10-22(19)13-16-12-17(20-24-16)15-7-3-2-4-8-15/h2-4,7-8,11-12,19H,5-6,9-10,13H2,1H3. The quantitative estimate of drug-likeness (QED) is 0.714. The van der Waals surface area contributed by atoms with E-state index in [1.54, 1.807) is 0 Å². The molecule has 4 rings (SSSR count). The zero-order valence-corrected chi connectivity index (χ0v) is 13.8. The first-order chi connectivity index (χ1) is 11.8. The van der Waals surface area contributed by atoms with Gasteiger partial charge >= 0.3 is 0 Å². The zero-order valence-electron chi connectivity index (χ0n) is 13.8. The Morgan fingerprint density at radius 1 is 1.08 bits per heavy atom. The minimum Gasteiger partial charge on any atom is -0.361 e. The average Bonchev–Trinajstić information content (AvgIpc) is 3.25. The van der Waals surface area contributed by atoms with E-state index in [0.717, 1.165) is 48.0 Å². The van der Waals surface area contributed by atoms with Crippen LogP contribution in [0.2, 0.25) is 0 Å². The maximum absolute atomic E-state index is 5.58. The third-order valence-electron chi connectivity index (χ3n) is 4.59. The highest BCUT2D eigenvalue weighted by atomic mass is 16.5. The van der Waals surface area contributed by atoms with E-state index >= 15 is 0 Å². The van der Waals surface area contributed by atoms with Gasteiger partial charge in [0.2, 0.25) is 0 Å². The molecule has 1 fully saturated rings. The summed E-state index contributed by atoms with van der Waals surface area (Å²) in [5.74, 6) is 1.75. The van der Waals surface area contributed by atoms with Crippen molar-refractivity contribution in [2.24, 2.45) is 0 Å². The van der Waals surface area contributed by atoms with Gasteiger partial charge in [-0.15, -0.1) is 0 Å². The van der Waals surface area contributed by atoms with E-state index in [0.29, 0.717) is 6.04 Å². The molecule has 0 radical (unpaired) electrons. The summed E-state index contributed by atoms with van der Waals surface area (Å²) in [5.41, 5.74) is 2.99. The smallest absolute Gasteiger partial charge is 0.151 e. The van der Waals surface area contributed by atoms with Gasteiger partial charge in [-0.3, -0.25) is 4.90 Å². The van der Waals surface area contributed by atoms with Gasteiger partial charge in [0.05, 0.1) is 12.6 Å². The first-order valence-electron chi connectivity index (χ1n) is 8.48. The molecule has 3 aromatic rings. The Hall–Kier alpha value is -2.40. The fraction of sp³-hybridized carbons (Fsp3) is 0.368. The number of nitrogens with zero attached hydrogens (tertiary/aromatic N) is 3. The lowest BCUT2D eigenvalue weighted by Crippen LogP contribution is -2.33. The lowest BCUT2D eigenvalue weighted by molar-refractivity contribution is 0.120. The van der Waals surface area contributed by atoms with Crippen molar-refractivity contribution in [3.05, 3.63) is 59.7 Å². The Balaban J connectivity index is 1.52. The number of aromatic nitrogens is 2. The maximum atomic E-state index is 5.58. The second-order valence-electron chi connectivity index (χ2n) is 6.39. The Kier molecular flexibility index (Phi) is 4.17. The van der Waals surface area contributed by atoms with Gasteiger partial charge in [-0.25, -0.2) is 0 Å². The summed E-state index contributed by atoms with van der Waals surface area (Å²) in [6, 6.07) is 14.5. The summed E-state index contributed by atoms with van der Waals surface area (Å²) in [7, 11) is 0. The van der Waals surface area contributed by atoms with E-state index in [9.17, 15) is 0 Å². The second kappa shape index (κ2) is 6.61. The van der Waals surface area contributed by atoms with Crippen LogP contribution in [-0.2, 0) is 6.54 Å². The molecule has 1 atom stereocenters. The first-order valence-corrected chi connectivity index (χ1v) is 8.48. The lowest BCUT2D eigenvalue weighted by atomic mass is 9.99. The van der Waals surface area contributed by atoms with Crippen molar-refractivity contribution in [1.82, 2.24) is 15.2 Å². The van der Waals surface area contributed by atoms with Crippen molar-refractivity contribution in [2.45, 2.75) is 38.8 Å². The topological polar surface area (TPSA) is 55.3 Å². The normalized spacial score (nSPS) is 18.8. The fourth-order valence-electron chi connectivity index (χ4n) is 3.39. The Morgan fingerprint density at radius 3 is 2.75 bits per heavy atom. The van der Waals surface area contributed by atoms with Crippen LogP contribution in [0.15, 0.2) is 51.5 Å². The van der Waals surface area contributed by atoms with Crippen molar-refractivity contribution >= 4 is 0 Å². The zero-order chi connectivity index (χ0) is 16.4. The van der Waals surface area contributed by atoms with E-state index < -0.39 is 0 Å². The molecule has 1 unspecified atom stereocenters. The van der Waals surface area contributed by atoms with E-state index in [-0.39, 0.29) is 0 Å². The van der Waals surface area contributed by atoms with Crippen LogP contribution in [0.5, 0.6) is 0 Å². The monoisotopic (exact) mass is 323 g/mol. The second-order valence-corrected chi connectivity index (χ2v) is 6.39. The van der Waals surface area contributed by atoms with Crippen LogP contribution < -0.4 is 0 Å². The van der Waals surface area contributed by atoms with Crippen molar-refractivity contribution in [2.75, 3.05) is 6.54 Å². The number of piperidine rings is 1. The van der Waals surface area contributed by atoms with Crippen molar-refractivity contribution < 1.29 is 9.05 Å². The van der Waals surface area contributed by atoms with Gasteiger partial charge in [-0.2, -0.15) is 0 Å². The molecule has 2 aromatic heterocycles. The van der Waals surface area contributed by atoms with Crippen LogP contribution in [0, 0.1) is 6.92 Å². The number of aryl methyl sites for hydroxylation is 1. The molecule has 1 aromatic carbocycles.